The van der Waals surface area contributed by atoms with Crippen LogP contribution < -0.4 is 0 Å². The molecule has 0 fully saturated rings. The van der Waals surface area contributed by atoms with Gasteiger partial charge in [-0.25, -0.2) is 0 Å². The van der Waals surface area contributed by atoms with Crippen LogP contribution in [0.15, 0.2) is 30.3 Å². The third-order valence-electron chi connectivity index (χ3n) is 2.54. The number of carbonyl (C=O) groups excluding carboxylic acids is 2. The van der Waals surface area contributed by atoms with E-state index in [0.717, 1.165) is 18.2 Å². The molecular weight excluding hydrogens is 271 g/mol. The lowest BCUT2D eigenvalue weighted by atomic mass is 10.1. The molecule has 0 unspecified atom stereocenters. The molecule has 0 spiro atoms. The molecule has 1 aromatic rings. The average Bonchev–Trinajstić information content (AvgIpc) is 2.35. The van der Waals surface area contributed by atoms with Gasteiger partial charge >= 0.3 is 6.18 Å². The van der Waals surface area contributed by atoms with Gasteiger partial charge in [-0.1, -0.05) is 24.3 Å². The molecule has 0 aliphatic rings. The van der Waals surface area contributed by atoms with Crippen LogP contribution in [0.25, 0.3) is 6.08 Å². The zero-order valence-electron chi connectivity index (χ0n) is 11.1. The number of hydrogen-bond donors (Lipinski definition) is 0. The highest BCUT2D eigenvalue weighted by molar-refractivity contribution is 6.05. The summed E-state index contributed by atoms with van der Waals surface area (Å²) in [6.07, 6.45) is -2.78. The van der Waals surface area contributed by atoms with Crippen LogP contribution in [0.2, 0.25) is 0 Å². The molecule has 0 heterocycles. The van der Waals surface area contributed by atoms with Gasteiger partial charge in [0.05, 0.1) is 12.0 Å². The largest absolute Gasteiger partial charge is 0.416 e. The first kappa shape index (κ1) is 15.9. The number of rotatable bonds is 4. The molecule has 0 atom stereocenters. The number of allylic oxidation sites excluding steroid dienone is 1. The summed E-state index contributed by atoms with van der Waals surface area (Å²) in [4.78, 5) is 24.0. The van der Waals surface area contributed by atoms with E-state index in [0.29, 0.717) is 0 Å². The molecule has 0 saturated carbocycles. The SMILES string of the molecule is CN(C)C(=O)CC(=O)C=Cc1ccccc1C(F)(F)F. The van der Waals surface area contributed by atoms with E-state index < -0.39 is 23.4 Å². The second-order valence-corrected chi connectivity index (χ2v) is 4.35. The van der Waals surface area contributed by atoms with Crippen molar-refractivity contribution in [2.45, 2.75) is 12.6 Å². The second-order valence-electron chi connectivity index (χ2n) is 4.35. The minimum Gasteiger partial charge on any atom is -0.348 e. The predicted octanol–water partition coefficient (Wildman–Crippen LogP) is 2.77. The van der Waals surface area contributed by atoms with Gasteiger partial charge in [0.15, 0.2) is 5.78 Å². The van der Waals surface area contributed by atoms with E-state index in [1.54, 1.807) is 0 Å². The van der Waals surface area contributed by atoms with E-state index >= 15 is 0 Å². The normalized spacial score (nSPS) is 11.7. The molecule has 20 heavy (non-hydrogen) atoms. The minimum absolute atomic E-state index is 0.106. The maximum Gasteiger partial charge on any atom is 0.416 e. The highest BCUT2D eigenvalue weighted by atomic mass is 19.4. The lowest BCUT2D eigenvalue weighted by Gasteiger charge is -2.10. The molecule has 108 valence electrons. The van der Waals surface area contributed by atoms with Gasteiger partial charge in [0.2, 0.25) is 5.91 Å². The van der Waals surface area contributed by atoms with Crippen LogP contribution in [0, 0.1) is 0 Å². The zero-order chi connectivity index (χ0) is 15.3. The average molecular weight is 285 g/mol. The fraction of sp³-hybridized carbons (Fsp3) is 0.286. The Labute approximate surface area is 114 Å². The number of hydrogen-bond acceptors (Lipinski definition) is 2. The molecule has 0 aliphatic heterocycles. The van der Waals surface area contributed by atoms with E-state index in [4.69, 9.17) is 0 Å². The summed E-state index contributed by atoms with van der Waals surface area (Å²) in [5.41, 5.74) is -0.923. The first-order chi connectivity index (χ1) is 9.21. The Bertz CT molecular complexity index is 533. The number of ketones is 1. The lowest BCUT2D eigenvalue weighted by molar-refractivity contribution is -0.138. The summed E-state index contributed by atoms with van der Waals surface area (Å²) in [5, 5.41) is 0. The van der Waals surface area contributed by atoms with Crippen LogP contribution in [-0.2, 0) is 15.8 Å². The van der Waals surface area contributed by atoms with Crippen molar-refractivity contribution in [2.75, 3.05) is 14.1 Å². The first-order valence-electron chi connectivity index (χ1n) is 5.79. The van der Waals surface area contributed by atoms with Gasteiger partial charge in [-0.3, -0.25) is 9.59 Å². The fourth-order valence-corrected chi connectivity index (χ4v) is 1.45. The molecule has 1 amide bonds. The van der Waals surface area contributed by atoms with Crippen LogP contribution in [0.1, 0.15) is 17.5 Å². The minimum atomic E-state index is -4.48. The topological polar surface area (TPSA) is 37.4 Å². The maximum atomic E-state index is 12.7. The number of halogens is 3. The van der Waals surface area contributed by atoms with Crippen molar-refractivity contribution < 1.29 is 22.8 Å². The summed E-state index contributed by atoms with van der Waals surface area (Å²) in [6.45, 7) is 0. The Morgan fingerprint density at radius 1 is 1.20 bits per heavy atom. The van der Waals surface area contributed by atoms with Crippen molar-refractivity contribution in [1.82, 2.24) is 4.90 Å². The van der Waals surface area contributed by atoms with Gasteiger partial charge in [-0.15, -0.1) is 0 Å². The van der Waals surface area contributed by atoms with Crippen LogP contribution in [0.3, 0.4) is 0 Å². The van der Waals surface area contributed by atoms with Crippen LogP contribution in [0.4, 0.5) is 13.2 Å². The Morgan fingerprint density at radius 3 is 2.35 bits per heavy atom. The Balaban J connectivity index is 2.86. The van der Waals surface area contributed by atoms with Crippen molar-refractivity contribution in [3.8, 4) is 0 Å². The monoisotopic (exact) mass is 285 g/mol. The molecular formula is C14H14F3NO2. The molecule has 3 nitrogen and oxygen atoms in total. The van der Waals surface area contributed by atoms with Gasteiger partial charge in [-0.05, 0) is 17.7 Å². The molecule has 1 rings (SSSR count). The summed E-state index contributed by atoms with van der Waals surface area (Å²) < 4.78 is 38.1. The summed E-state index contributed by atoms with van der Waals surface area (Å²) in [5.74, 6) is -0.940. The maximum absolute atomic E-state index is 12.7. The lowest BCUT2D eigenvalue weighted by Crippen LogP contribution is -2.23. The Kier molecular flexibility index (Phi) is 5.07. The summed E-state index contributed by atoms with van der Waals surface area (Å²) in [7, 11) is 3.00. The van der Waals surface area contributed by atoms with Crippen molar-refractivity contribution in [1.29, 1.82) is 0 Å². The van der Waals surface area contributed by atoms with Crippen LogP contribution in [0.5, 0.6) is 0 Å². The highest BCUT2D eigenvalue weighted by Crippen LogP contribution is 2.32. The quantitative estimate of drug-likeness (QED) is 0.630. The molecule has 0 N–H and O–H groups in total. The van der Waals surface area contributed by atoms with Crippen molar-refractivity contribution in [3.05, 3.63) is 41.5 Å². The standard InChI is InChI=1S/C14H14F3NO2/c1-18(2)13(20)9-11(19)8-7-10-5-3-4-6-12(10)14(15,16)17/h3-8H,9H2,1-2H3. The van der Waals surface area contributed by atoms with Crippen molar-refractivity contribution in [2.24, 2.45) is 0 Å². The fourth-order valence-electron chi connectivity index (χ4n) is 1.45. The Morgan fingerprint density at radius 2 is 1.80 bits per heavy atom. The second kappa shape index (κ2) is 6.36. The van der Waals surface area contributed by atoms with Gasteiger partial charge in [0.25, 0.3) is 0 Å². The number of amides is 1. The zero-order valence-corrected chi connectivity index (χ0v) is 11.1. The third-order valence-corrected chi connectivity index (χ3v) is 2.54. The van der Waals surface area contributed by atoms with E-state index in [9.17, 15) is 22.8 Å². The van der Waals surface area contributed by atoms with Crippen molar-refractivity contribution >= 4 is 17.8 Å². The number of benzene rings is 1. The third kappa shape index (κ3) is 4.53. The van der Waals surface area contributed by atoms with Crippen molar-refractivity contribution in [3.63, 3.8) is 0 Å². The van der Waals surface area contributed by atoms with E-state index in [2.05, 4.69) is 0 Å². The first-order valence-corrected chi connectivity index (χ1v) is 5.79. The molecule has 0 saturated heterocycles. The number of nitrogens with zero attached hydrogens (tertiary/aromatic N) is 1. The van der Waals surface area contributed by atoms with Crippen LogP contribution in [-0.4, -0.2) is 30.7 Å². The molecule has 0 aromatic heterocycles. The summed E-state index contributed by atoms with van der Waals surface area (Å²) in [6, 6.07) is 4.93. The van der Waals surface area contributed by atoms with Gasteiger partial charge < -0.3 is 4.90 Å². The van der Waals surface area contributed by atoms with Gasteiger partial charge in [0, 0.05) is 14.1 Å². The molecule has 6 heteroatoms. The smallest absolute Gasteiger partial charge is 0.348 e. The van der Waals surface area contributed by atoms with E-state index in [-0.39, 0.29) is 12.0 Å². The van der Waals surface area contributed by atoms with E-state index in [1.807, 2.05) is 0 Å². The number of carbonyl (C=O) groups is 2. The van der Waals surface area contributed by atoms with Gasteiger partial charge in [-0.2, -0.15) is 13.2 Å². The van der Waals surface area contributed by atoms with Crippen LogP contribution >= 0.6 is 0 Å². The molecule has 0 aliphatic carbocycles. The predicted molar refractivity (Wildman–Crippen MR) is 68.8 cm³/mol. The summed E-state index contributed by atoms with van der Waals surface area (Å²) >= 11 is 0. The molecule has 0 radical (unpaired) electrons. The number of alkyl halides is 3. The van der Waals surface area contributed by atoms with E-state index in [1.165, 1.54) is 37.2 Å². The molecule has 0 bridgehead atoms. The Hall–Kier alpha value is -2.11. The highest BCUT2D eigenvalue weighted by Gasteiger charge is 2.32. The molecule has 1 aromatic carbocycles. The van der Waals surface area contributed by atoms with Gasteiger partial charge in [0.1, 0.15) is 0 Å².